The van der Waals surface area contributed by atoms with Gasteiger partial charge in [-0.25, -0.2) is 4.98 Å². The molecule has 3 rings (SSSR count). The minimum atomic E-state index is -0.394. The number of rotatable bonds is 6. The van der Waals surface area contributed by atoms with Crippen molar-refractivity contribution in [1.29, 1.82) is 0 Å². The van der Waals surface area contributed by atoms with E-state index in [-0.39, 0.29) is 30.6 Å². The Bertz CT molecular complexity index is 984. The zero-order valence-electron chi connectivity index (χ0n) is 15.6. The van der Waals surface area contributed by atoms with Gasteiger partial charge in [-0.3, -0.25) is 14.0 Å². The van der Waals surface area contributed by atoms with E-state index in [0.29, 0.717) is 16.4 Å². The standard InChI is InChI=1S/C20H22N2O4S/c1-20(2,3)14-4-6-16(7-5-14)25-10-8-18(24)26-13-15-12-17(23)22-9-11-27-19(22)21-15/h4-7,9,11-12H,8,10,13H2,1-3H3. The van der Waals surface area contributed by atoms with Crippen LogP contribution in [0.15, 0.2) is 46.7 Å². The van der Waals surface area contributed by atoms with Gasteiger partial charge in [-0.15, -0.1) is 11.3 Å². The van der Waals surface area contributed by atoms with E-state index in [2.05, 4.69) is 25.8 Å². The summed E-state index contributed by atoms with van der Waals surface area (Å²) in [5.41, 5.74) is 1.56. The molecule has 7 heteroatoms. The van der Waals surface area contributed by atoms with Crippen LogP contribution in [0.5, 0.6) is 5.75 Å². The number of esters is 1. The second-order valence-corrected chi connectivity index (χ2v) is 8.05. The van der Waals surface area contributed by atoms with Crippen LogP contribution in [-0.2, 0) is 21.6 Å². The maximum atomic E-state index is 11.9. The second-order valence-electron chi connectivity index (χ2n) is 7.17. The SMILES string of the molecule is CC(C)(C)c1ccc(OCCC(=O)OCc2cc(=O)n3ccsc3n2)cc1. The number of hydrogen-bond acceptors (Lipinski definition) is 6. The molecule has 0 aliphatic carbocycles. The summed E-state index contributed by atoms with van der Waals surface area (Å²) in [5, 5.41) is 1.78. The summed E-state index contributed by atoms with van der Waals surface area (Å²) < 4.78 is 12.2. The molecule has 142 valence electrons. The summed E-state index contributed by atoms with van der Waals surface area (Å²) in [5.74, 6) is 0.322. The Morgan fingerprint density at radius 2 is 1.96 bits per heavy atom. The van der Waals surface area contributed by atoms with Crippen molar-refractivity contribution in [2.24, 2.45) is 0 Å². The quantitative estimate of drug-likeness (QED) is 0.606. The molecule has 1 aromatic carbocycles. The van der Waals surface area contributed by atoms with Crippen molar-refractivity contribution in [3.8, 4) is 5.75 Å². The molecule has 2 aromatic heterocycles. The van der Waals surface area contributed by atoms with Gasteiger partial charge in [-0.2, -0.15) is 0 Å². The molecule has 0 unspecified atom stereocenters. The highest BCUT2D eigenvalue weighted by Gasteiger charge is 2.13. The predicted octanol–water partition coefficient (Wildman–Crippen LogP) is 3.57. The van der Waals surface area contributed by atoms with Crippen molar-refractivity contribution in [1.82, 2.24) is 9.38 Å². The third kappa shape index (κ3) is 4.95. The van der Waals surface area contributed by atoms with Crippen LogP contribution in [0.2, 0.25) is 0 Å². The summed E-state index contributed by atoms with van der Waals surface area (Å²) >= 11 is 1.36. The number of fused-ring (bicyclic) bond motifs is 1. The lowest BCUT2D eigenvalue weighted by molar-refractivity contribution is -0.145. The summed E-state index contributed by atoms with van der Waals surface area (Å²) in [6.07, 6.45) is 1.79. The Kier molecular flexibility index (Phi) is 5.60. The largest absolute Gasteiger partial charge is 0.493 e. The number of hydrogen-bond donors (Lipinski definition) is 0. The van der Waals surface area contributed by atoms with Crippen LogP contribution in [-0.4, -0.2) is 22.0 Å². The summed E-state index contributed by atoms with van der Waals surface area (Å²) in [6.45, 7) is 6.66. The van der Waals surface area contributed by atoms with Crippen LogP contribution in [0.25, 0.3) is 4.96 Å². The number of thiazole rings is 1. The highest BCUT2D eigenvalue weighted by atomic mass is 32.1. The first-order valence-corrected chi connectivity index (χ1v) is 9.56. The molecule has 0 aliphatic rings. The molecule has 0 saturated carbocycles. The summed E-state index contributed by atoms with van der Waals surface area (Å²) in [4.78, 5) is 28.6. The molecule has 0 bridgehead atoms. The summed E-state index contributed by atoms with van der Waals surface area (Å²) in [6, 6.07) is 9.23. The van der Waals surface area contributed by atoms with Crippen molar-refractivity contribution in [3.05, 3.63) is 63.5 Å². The first kappa shape index (κ1) is 19.1. The molecular formula is C20H22N2O4S. The van der Waals surface area contributed by atoms with Crippen LogP contribution in [0.4, 0.5) is 0 Å². The number of ether oxygens (including phenoxy) is 2. The lowest BCUT2D eigenvalue weighted by Gasteiger charge is -2.19. The van der Waals surface area contributed by atoms with E-state index in [1.165, 1.54) is 27.4 Å². The van der Waals surface area contributed by atoms with Gasteiger partial charge in [0.2, 0.25) is 0 Å². The van der Waals surface area contributed by atoms with Gasteiger partial charge in [-0.1, -0.05) is 32.9 Å². The molecule has 0 amide bonds. The Labute approximate surface area is 161 Å². The van der Waals surface area contributed by atoms with Crippen molar-refractivity contribution in [2.75, 3.05) is 6.61 Å². The molecule has 6 nitrogen and oxygen atoms in total. The minimum absolute atomic E-state index is 0.0250. The molecular weight excluding hydrogens is 364 g/mol. The second kappa shape index (κ2) is 7.92. The first-order valence-electron chi connectivity index (χ1n) is 8.68. The van der Waals surface area contributed by atoms with Gasteiger partial charge >= 0.3 is 5.97 Å². The molecule has 0 spiro atoms. The Morgan fingerprint density at radius 1 is 1.22 bits per heavy atom. The predicted molar refractivity (Wildman–Crippen MR) is 104 cm³/mol. The first-order chi connectivity index (χ1) is 12.8. The topological polar surface area (TPSA) is 69.9 Å². The molecule has 0 fully saturated rings. The fraction of sp³-hybridized carbons (Fsp3) is 0.350. The van der Waals surface area contributed by atoms with E-state index >= 15 is 0 Å². The number of nitrogens with zero attached hydrogens (tertiary/aromatic N) is 2. The zero-order valence-corrected chi connectivity index (χ0v) is 16.4. The van der Waals surface area contributed by atoms with Crippen LogP contribution in [0, 0.1) is 0 Å². The Morgan fingerprint density at radius 3 is 2.67 bits per heavy atom. The van der Waals surface area contributed by atoms with Crippen molar-refractivity contribution < 1.29 is 14.3 Å². The van der Waals surface area contributed by atoms with Gasteiger partial charge in [0.25, 0.3) is 5.56 Å². The van der Waals surface area contributed by atoms with E-state index in [0.717, 1.165) is 0 Å². The van der Waals surface area contributed by atoms with Gasteiger partial charge < -0.3 is 9.47 Å². The van der Waals surface area contributed by atoms with E-state index in [1.54, 1.807) is 11.6 Å². The van der Waals surface area contributed by atoms with Crippen LogP contribution >= 0.6 is 11.3 Å². The summed E-state index contributed by atoms with van der Waals surface area (Å²) in [7, 11) is 0. The lowest BCUT2D eigenvalue weighted by Crippen LogP contribution is -2.15. The van der Waals surface area contributed by atoms with Gasteiger partial charge in [0.15, 0.2) is 4.96 Å². The number of carbonyl (C=O) groups excluding carboxylic acids is 1. The van der Waals surface area contributed by atoms with Crippen LogP contribution in [0.1, 0.15) is 38.4 Å². The highest BCUT2D eigenvalue weighted by Crippen LogP contribution is 2.24. The monoisotopic (exact) mass is 386 g/mol. The van der Waals surface area contributed by atoms with E-state index in [4.69, 9.17) is 9.47 Å². The van der Waals surface area contributed by atoms with E-state index in [1.807, 2.05) is 24.3 Å². The maximum absolute atomic E-state index is 11.9. The normalized spacial score (nSPS) is 11.5. The Balaban J connectivity index is 1.46. The van der Waals surface area contributed by atoms with Crippen LogP contribution < -0.4 is 10.3 Å². The third-order valence-electron chi connectivity index (χ3n) is 4.03. The Hall–Kier alpha value is -2.67. The van der Waals surface area contributed by atoms with Crippen molar-refractivity contribution in [3.63, 3.8) is 0 Å². The van der Waals surface area contributed by atoms with Gasteiger partial charge in [0, 0.05) is 17.6 Å². The van der Waals surface area contributed by atoms with Gasteiger partial charge in [0.1, 0.15) is 12.4 Å². The van der Waals surface area contributed by atoms with Gasteiger partial charge in [-0.05, 0) is 23.1 Å². The van der Waals surface area contributed by atoms with Crippen LogP contribution in [0.3, 0.4) is 0 Å². The molecule has 0 aliphatic heterocycles. The maximum Gasteiger partial charge on any atom is 0.309 e. The third-order valence-corrected chi connectivity index (χ3v) is 4.79. The van der Waals surface area contributed by atoms with Crippen molar-refractivity contribution in [2.45, 2.75) is 39.2 Å². The zero-order chi connectivity index (χ0) is 19.4. The van der Waals surface area contributed by atoms with E-state index < -0.39 is 5.97 Å². The highest BCUT2D eigenvalue weighted by molar-refractivity contribution is 7.15. The molecule has 3 aromatic rings. The van der Waals surface area contributed by atoms with Crippen molar-refractivity contribution >= 4 is 22.3 Å². The molecule has 0 N–H and O–H groups in total. The smallest absolute Gasteiger partial charge is 0.309 e. The number of carbonyl (C=O) groups is 1. The number of aromatic nitrogens is 2. The molecule has 0 saturated heterocycles. The minimum Gasteiger partial charge on any atom is -0.493 e. The fourth-order valence-corrected chi connectivity index (χ4v) is 3.23. The molecule has 0 atom stereocenters. The average molecular weight is 386 g/mol. The molecule has 2 heterocycles. The number of benzene rings is 1. The molecule has 27 heavy (non-hydrogen) atoms. The fourth-order valence-electron chi connectivity index (χ4n) is 2.49. The van der Waals surface area contributed by atoms with E-state index in [9.17, 15) is 9.59 Å². The molecule has 0 radical (unpaired) electrons. The average Bonchev–Trinajstić information content (AvgIpc) is 3.09. The van der Waals surface area contributed by atoms with Gasteiger partial charge in [0.05, 0.1) is 18.7 Å². The lowest BCUT2D eigenvalue weighted by atomic mass is 9.87.